The average Bonchev–Trinajstić information content (AvgIpc) is 2.68. The van der Waals surface area contributed by atoms with Crippen molar-refractivity contribution in [1.29, 1.82) is 0 Å². The Morgan fingerprint density at radius 1 is 1.00 bits per heavy atom. The second kappa shape index (κ2) is 8.22. The van der Waals surface area contributed by atoms with Gasteiger partial charge in [0.05, 0.1) is 17.2 Å². The predicted octanol–water partition coefficient (Wildman–Crippen LogP) is 3.91. The Hall–Kier alpha value is -3.19. The van der Waals surface area contributed by atoms with E-state index in [9.17, 15) is 13.2 Å². The molecule has 0 heterocycles. The van der Waals surface area contributed by atoms with Crippen LogP contribution in [0.1, 0.15) is 12.5 Å². The van der Waals surface area contributed by atoms with Crippen LogP contribution in [0.15, 0.2) is 76.7 Å². The molecular weight excluding hydrogens is 376 g/mol. The molecule has 0 amide bonds. The third-order valence-electron chi connectivity index (χ3n) is 4.10. The van der Waals surface area contributed by atoms with Gasteiger partial charge in [0, 0.05) is 5.39 Å². The van der Waals surface area contributed by atoms with Crippen LogP contribution in [0.4, 0.5) is 5.69 Å². The third kappa shape index (κ3) is 4.04. The molecule has 0 radical (unpaired) electrons. The molecule has 0 aliphatic rings. The van der Waals surface area contributed by atoms with E-state index >= 15 is 0 Å². The molecule has 0 bridgehead atoms. The molecule has 28 heavy (non-hydrogen) atoms. The molecule has 3 aromatic carbocycles. The maximum atomic E-state index is 13.0. The second-order valence-corrected chi connectivity index (χ2v) is 7.96. The fourth-order valence-electron chi connectivity index (χ4n) is 2.67. The van der Waals surface area contributed by atoms with E-state index in [1.54, 1.807) is 25.1 Å². The molecule has 1 N–H and O–H groups in total. The van der Waals surface area contributed by atoms with Crippen molar-refractivity contribution < 1.29 is 17.9 Å². The molecule has 6 nitrogen and oxygen atoms in total. The zero-order valence-corrected chi connectivity index (χ0v) is 16.4. The number of esters is 1. The van der Waals surface area contributed by atoms with Gasteiger partial charge in [-0.15, -0.1) is 0 Å². The molecule has 0 saturated heterocycles. The van der Waals surface area contributed by atoms with Crippen LogP contribution in [0.25, 0.3) is 10.8 Å². The number of anilines is 1. The van der Waals surface area contributed by atoms with Crippen LogP contribution in [-0.4, -0.2) is 26.0 Å². The van der Waals surface area contributed by atoms with E-state index in [4.69, 9.17) is 4.74 Å². The van der Waals surface area contributed by atoms with Gasteiger partial charge in [0.15, 0.2) is 0 Å². The predicted molar refractivity (Wildman–Crippen MR) is 110 cm³/mol. The first kappa shape index (κ1) is 19.6. The number of hydrazone groups is 1. The summed E-state index contributed by atoms with van der Waals surface area (Å²) in [5, 5.41) is 5.06. The van der Waals surface area contributed by atoms with Gasteiger partial charge in [0.25, 0.3) is 5.04 Å². The number of nitrogens with one attached hydrogen (secondary N) is 1. The highest BCUT2D eigenvalue weighted by molar-refractivity contribution is 8.08. The van der Waals surface area contributed by atoms with Gasteiger partial charge >= 0.3 is 5.97 Å². The van der Waals surface area contributed by atoms with Crippen LogP contribution in [0.2, 0.25) is 0 Å². The minimum atomic E-state index is -4.15. The van der Waals surface area contributed by atoms with Crippen molar-refractivity contribution in [2.24, 2.45) is 5.10 Å². The summed E-state index contributed by atoms with van der Waals surface area (Å²) in [4.78, 5) is 12.3. The normalized spacial score (nSPS) is 12.0. The third-order valence-corrected chi connectivity index (χ3v) is 5.76. The van der Waals surface area contributed by atoms with E-state index in [1.807, 2.05) is 43.3 Å². The zero-order valence-electron chi connectivity index (χ0n) is 15.5. The van der Waals surface area contributed by atoms with Gasteiger partial charge in [-0.1, -0.05) is 54.1 Å². The lowest BCUT2D eigenvalue weighted by molar-refractivity contribution is -0.134. The number of ether oxygens (including phenoxy) is 1. The number of carbonyl (C=O) groups is 1. The summed E-state index contributed by atoms with van der Waals surface area (Å²) in [7, 11) is -4.15. The van der Waals surface area contributed by atoms with Crippen molar-refractivity contribution in [3.63, 3.8) is 0 Å². The van der Waals surface area contributed by atoms with Crippen LogP contribution in [0.3, 0.4) is 0 Å². The number of sulfone groups is 1. The fraction of sp³-hybridized carbons (Fsp3) is 0.143. The Morgan fingerprint density at radius 2 is 1.68 bits per heavy atom. The molecule has 0 unspecified atom stereocenters. The van der Waals surface area contributed by atoms with Crippen molar-refractivity contribution >= 4 is 37.3 Å². The van der Waals surface area contributed by atoms with Gasteiger partial charge in [-0.25, -0.2) is 13.2 Å². The molecule has 0 aliphatic carbocycles. The van der Waals surface area contributed by atoms with E-state index < -0.39 is 20.9 Å². The van der Waals surface area contributed by atoms with Crippen LogP contribution >= 0.6 is 0 Å². The summed E-state index contributed by atoms with van der Waals surface area (Å²) < 4.78 is 30.9. The first-order chi connectivity index (χ1) is 13.4. The highest BCUT2D eigenvalue weighted by Gasteiger charge is 2.31. The standard InChI is InChI=1S/C21H20N2O4S/c1-3-27-21(24)20(28(25,26)17-13-11-15(2)12-14-17)23-22-19-10-6-8-16-7-4-5-9-18(16)19/h4-14,22H,3H2,1-2H3/b23-20-. The van der Waals surface area contributed by atoms with Gasteiger partial charge in [-0.05, 0) is 37.4 Å². The first-order valence-corrected chi connectivity index (χ1v) is 10.2. The molecule has 3 rings (SSSR count). The first-order valence-electron chi connectivity index (χ1n) is 8.74. The maximum Gasteiger partial charge on any atom is 0.371 e. The van der Waals surface area contributed by atoms with Gasteiger partial charge in [-0.2, -0.15) is 5.10 Å². The lowest BCUT2D eigenvalue weighted by atomic mass is 10.1. The highest BCUT2D eigenvalue weighted by Crippen LogP contribution is 2.23. The van der Waals surface area contributed by atoms with Crippen molar-refractivity contribution in [1.82, 2.24) is 0 Å². The van der Waals surface area contributed by atoms with Gasteiger partial charge in [-0.3, -0.25) is 5.43 Å². The van der Waals surface area contributed by atoms with Crippen LogP contribution in [0.5, 0.6) is 0 Å². The molecule has 7 heteroatoms. The number of hydrogen-bond donors (Lipinski definition) is 1. The van der Waals surface area contributed by atoms with E-state index in [0.29, 0.717) is 5.69 Å². The number of carbonyl (C=O) groups excluding carboxylic acids is 1. The Bertz CT molecular complexity index is 1130. The summed E-state index contributed by atoms with van der Waals surface area (Å²) in [6.07, 6.45) is 0. The summed E-state index contributed by atoms with van der Waals surface area (Å²) in [5.74, 6) is -1.00. The van der Waals surface area contributed by atoms with Crippen LogP contribution in [-0.2, 0) is 19.4 Å². The summed E-state index contributed by atoms with van der Waals surface area (Å²) >= 11 is 0. The highest BCUT2D eigenvalue weighted by atomic mass is 32.2. The molecule has 3 aromatic rings. The molecule has 0 saturated carbocycles. The van der Waals surface area contributed by atoms with Gasteiger partial charge in [0.1, 0.15) is 0 Å². The lowest BCUT2D eigenvalue weighted by Gasteiger charge is -2.10. The summed E-state index contributed by atoms with van der Waals surface area (Å²) in [6.45, 7) is 3.49. The molecule has 0 spiro atoms. The van der Waals surface area contributed by atoms with Crippen LogP contribution < -0.4 is 5.43 Å². The minimum absolute atomic E-state index is 0.0235. The molecule has 0 aromatic heterocycles. The van der Waals surface area contributed by atoms with E-state index in [0.717, 1.165) is 16.3 Å². The van der Waals surface area contributed by atoms with E-state index in [1.165, 1.54) is 12.1 Å². The number of fused-ring (bicyclic) bond motifs is 1. The smallest absolute Gasteiger partial charge is 0.371 e. The second-order valence-electron chi connectivity index (χ2n) is 6.09. The molecule has 0 fully saturated rings. The Labute approximate surface area is 163 Å². The summed E-state index contributed by atoms with van der Waals surface area (Å²) in [5.41, 5.74) is 4.21. The number of nitrogens with zero attached hydrogens (tertiary/aromatic N) is 1. The number of aryl methyl sites for hydroxylation is 1. The number of benzene rings is 3. The van der Waals surface area contributed by atoms with Crippen LogP contribution in [0, 0.1) is 6.92 Å². The Morgan fingerprint density at radius 3 is 2.39 bits per heavy atom. The quantitative estimate of drug-likeness (QED) is 0.313. The molecule has 0 atom stereocenters. The number of hydrogen-bond acceptors (Lipinski definition) is 6. The van der Waals surface area contributed by atoms with Gasteiger partial charge < -0.3 is 4.74 Å². The Kier molecular flexibility index (Phi) is 5.75. The monoisotopic (exact) mass is 396 g/mol. The largest absolute Gasteiger partial charge is 0.461 e. The molecule has 144 valence electrons. The Balaban J connectivity index is 2.04. The van der Waals surface area contributed by atoms with Crippen molar-refractivity contribution in [3.05, 3.63) is 72.3 Å². The molecular formula is C21H20N2O4S. The zero-order chi connectivity index (χ0) is 20.1. The topological polar surface area (TPSA) is 84.8 Å². The van der Waals surface area contributed by atoms with Gasteiger partial charge in [0.2, 0.25) is 9.84 Å². The summed E-state index contributed by atoms with van der Waals surface area (Å²) in [6, 6.07) is 19.3. The number of rotatable bonds is 4. The van der Waals surface area contributed by atoms with Crippen molar-refractivity contribution in [3.8, 4) is 0 Å². The van der Waals surface area contributed by atoms with Crippen molar-refractivity contribution in [2.75, 3.05) is 12.0 Å². The maximum absolute atomic E-state index is 13.0. The van der Waals surface area contributed by atoms with Crippen molar-refractivity contribution in [2.45, 2.75) is 18.7 Å². The lowest BCUT2D eigenvalue weighted by Crippen LogP contribution is -2.28. The van der Waals surface area contributed by atoms with E-state index in [2.05, 4.69) is 10.5 Å². The molecule has 0 aliphatic heterocycles. The SMILES string of the molecule is CCOC(=O)/C(=N/Nc1cccc2ccccc12)S(=O)(=O)c1ccc(C)cc1. The average molecular weight is 396 g/mol. The van der Waals surface area contributed by atoms with E-state index in [-0.39, 0.29) is 11.5 Å². The minimum Gasteiger partial charge on any atom is -0.461 e. The fourth-order valence-corrected chi connectivity index (χ4v) is 3.83.